The number of carbonyl (C=O) groups excluding carboxylic acids is 1. The first kappa shape index (κ1) is 15.4. The Hall–Kier alpha value is -2.54. The third kappa shape index (κ3) is 3.62. The lowest BCUT2D eigenvalue weighted by atomic mass is 10.1. The standard InChI is InChI=1S/C16H14BrN5O/c1-11(21-16(23)13-6-14(17)8-18-7-13)12-2-4-15(5-3-12)22-10-19-9-20-22/h2-11H,1H3,(H,21,23). The van der Waals surface area contributed by atoms with Gasteiger partial charge in [0.05, 0.1) is 17.3 Å². The van der Waals surface area contributed by atoms with Crippen LogP contribution in [0.5, 0.6) is 0 Å². The van der Waals surface area contributed by atoms with E-state index in [1.165, 1.54) is 6.33 Å². The molecule has 3 rings (SSSR count). The molecule has 0 radical (unpaired) electrons. The molecule has 0 saturated carbocycles. The number of pyridine rings is 1. The minimum absolute atomic E-state index is 0.119. The van der Waals surface area contributed by atoms with Crippen LogP contribution in [0.2, 0.25) is 0 Å². The second kappa shape index (κ2) is 6.70. The van der Waals surface area contributed by atoms with E-state index in [-0.39, 0.29) is 11.9 Å². The largest absolute Gasteiger partial charge is 0.345 e. The van der Waals surface area contributed by atoms with Gasteiger partial charge in [-0.1, -0.05) is 12.1 Å². The summed E-state index contributed by atoms with van der Waals surface area (Å²) in [6.45, 7) is 1.94. The quantitative estimate of drug-likeness (QED) is 0.765. The lowest BCUT2D eigenvalue weighted by Crippen LogP contribution is -2.26. The van der Waals surface area contributed by atoms with E-state index >= 15 is 0 Å². The monoisotopic (exact) mass is 371 g/mol. The minimum atomic E-state index is -0.161. The highest BCUT2D eigenvalue weighted by molar-refractivity contribution is 9.10. The molecular formula is C16H14BrN5O. The Bertz CT molecular complexity index is 802. The fourth-order valence-electron chi connectivity index (χ4n) is 2.16. The number of aromatic nitrogens is 4. The van der Waals surface area contributed by atoms with Crippen molar-refractivity contribution in [3.63, 3.8) is 0 Å². The van der Waals surface area contributed by atoms with E-state index in [1.807, 2.05) is 31.2 Å². The summed E-state index contributed by atoms with van der Waals surface area (Å²) < 4.78 is 2.45. The Morgan fingerprint density at radius 1 is 1.22 bits per heavy atom. The van der Waals surface area contributed by atoms with Crippen molar-refractivity contribution in [1.82, 2.24) is 25.1 Å². The van der Waals surface area contributed by atoms with Crippen LogP contribution in [0, 0.1) is 0 Å². The summed E-state index contributed by atoms with van der Waals surface area (Å²) >= 11 is 3.31. The van der Waals surface area contributed by atoms with Crippen molar-refractivity contribution in [2.75, 3.05) is 0 Å². The summed E-state index contributed by atoms with van der Waals surface area (Å²) in [5, 5.41) is 7.04. The molecule has 1 N–H and O–H groups in total. The van der Waals surface area contributed by atoms with Crippen LogP contribution in [-0.2, 0) is 0 Å². The molecule has 6 nitrogen and oxygen atoms in total. The normalized spacial score (nSPS) is 11.9. The highest BCUT2D eigenvalue weighted by atomic mass is 79.9. The maximum atomic E-state index is 12.2. The van der Waals surface area contributed by atoms with Crippen LogP contribution < -0.4 is 5.32 Å². The molecule has 7 heteroatoms. The number of amides is 1. The Morgan fingerprint density at radius 2 is 2.00 bits per heavy atom. The van der Waals surface area contributed by atoms with Gasteiger partial charge >= 0.3 is 0 Å². The van der Waals surface area contributed by atoms with Gasteiger partial charge in [0.25, 0.3) is 5.91 Å². The Morgan fingerprint density at radius 3 is 2.65 bits per heavy atom. The lowest BCUT2D eigenvalue weighted by molar-refractivity contribution is 0.0939. The molecule has 1 atom stereocenters. The van der Waals surface area contributed by atoms with Gasteiger partial charge in [-0.2, -0.15) is 5.10 Å². The zero-order valence-corrected chi connectivity index (χ0v) is 13.9. The fraction of sp³-hybridized carbons (Fsp3) is 0.125. The number of rotatable bonds is 4. The summed E-state index contributed by atoms with van der Waals surface area (Å²) in [6, 6.07) is 9.41. The van der Waals surface area contributed by atoms with Gasteiger partial charge in [0, 0.05) is 16.9 Å². The van der Waals surface area contributed by atoms with Gasteiger partial charge < -0.3 is 5.32 Å². The molecule has 3 aromatic rings. The number of hydrogen-bond donors (Lipinski definition) is 1. The molecule has 0 aliphatic carbocycles. The van der Waals surface area contributed by atoms with Crippen LogP contribution in [0.4, 0.5) is 0 Å². The summed E-state index contributed by atoms with van der Waals surface area (Å²) in [7, 11) is 0. The zero-order valence-electron chi connectivity index (χ0n) is 12.3. The first-order chi connectivity index (χ1) is 11.1. The predicted molar refractivity (Wildman–Crippen MR) is 89.2 cm³/mol. The number of nitrogens with one attached hydrogen (secondary N) is 1. The van der Waals surface area contributed by atoms with Gasteiger partial charge in [-0.05, 0) is 46.6 Å². The van der Waals surface area contributed by atoms with Gasteiger partial charge in [-0.15, -0.1) is 0 Å². The van der Waals surface area contributed by atoms with E-state index in [9.17, 15) is 4.79 Å². The molecule has 1 unspecified atom stereocenters. The smallest absolute Gasteiger partial charge is 0.253 e. The average molecular weight is 372 g/mol. The molecular weight excluding hydrogens is 358 g/mol. The van der Waals surface area contributed by atoms with Crippen LogP contribution in [0.25, 0.3) is 5.69 Å². The molecule has 1 amide bonds. The van der Waals surface area contributed by atoms with Crippen LogP contribution >= 0.6 is 15.9 Å². The molecule has 23 heavy (non-hydrogen) atoms. The Labute approximate surface area is 141 Å². The third-order valence-corrected chi connectivity index (χ3v) is 3.82. The van der Waals surface area contributed by atoms with E-state index in [1.54, 1.807) is 29.5 Å². The molecule has 1 aromatic carbocycles. The van der Waals surface area contributed by atoms with E-state index in [4.69, 9.17) is 0 Å². The van der Waals surface area contributed by atoms with E-state index in [0.29, 0.717) is 5.56 Å². The van der Waals surface area contributed by atoms with Crippen molar-refractivity contribution in [2.45, 2.75) is 13.0 Å². The zero-order chi connectivity index (χ0) is 16.2. The highest BCUT2D eigenvalue weighted by Crippen LogP contribution is 2.16. The van der Waals surface area contributed by atoms with E-state index < -0.39 is 0 Å². The maximum absolute atomic E-state index is 12.2. The lowest BCUT2D eigenvalue weighted by Gasteiger charge is -2.15. The van der Waals surface area contributed by atoms with Crippen molar-refractivity contribution >= 4 is 21.8 Å². The molecule has 0 bridgehead atoms. The molecule has 0 spiro atoms. The summed E-state index contributed by atoms with van der Waals surface area (Å²) in [5.74, 6) is -0.161. The van der Waals surface area contributed by atoms with Crippen LogP contribution in [0.3, 0.4) is 0 Å². The molecule has 0 saturated heterocycles. The molecule has 2 heterocycles. The number of hydrogen-bond acceptors (Lipinski definition) is 4. The van der Waals surface area contributed by atoms with Gasteiger partial charge in [0.15, 0.2) is 0 Å². The third-order valence-electron chi connectivity index (χ3n) is 3.39. The van der Waals surface area contributed by atoms with Crippen molar-refractivity contribution in [3.05, 3.63) is 71.0 Å². The summed E-state index contributed by atoms with van der Waals surface area (Å²) in [6.07, 6.45) is 6.31. The molecule has 0 aliphatic rings. The fourth-order valence-corrected chi connectivity index (χ4v) is 2.52. The van der Waals surface area contributed by atoms with Crippen molar-refractivity contribution < 1.29 is 4.79 Å². The predicted octanol–water partition coefficient (Wildman–Crippen LogP) is 2.92. The minimum Gasteiger partial charge on any atom is -0.345 e. The molecule has 2 aromatic heterocycles. The van der Waals surface area contributed by atoms with E-state index in [0.717, 1.165) is 15.7 Å². The van der Waals surface area contributed by atoms with Gasteiger partial charge in [0.2, 0.25) is 0 Å². The SMILES string of the molecule is CC(NC(=O)c1cncc(Br)c1)c1ccc(-n2cncn2)cc1. The van der Waals surface area contributed by atoms with Gasteiger partial charge in [-0.25, -0.2) is 9.67 Å². The number of benzene rings is 1. The maximum Gasteiger partial charge on any atom is 0.253 e. The number of carbonyl (C=O) groups is 1. The van der Waals surface area contributed by atoms with Crippen molar-refractivity contribution in [2.24, 2.45) is 0 Å². The Balaban J connectivity index is 1.70. The first-order valence-electron chi connectivity index (χ1n) is 7.00. The van der Waals surface area contributed by atoms with Crippen molar-refractivity contribution in [3.8, 4) is 5.69 Å². The second-order valence-electron chi connectivity index (χ2n) is 5.02. The van der Waals surface area contributed by atoms with Crippen molar-refractivity contribution in [1.29, 1.82) is 0 Å². The van der Waals surface area contributed by atoms with Crippen LogP contribution in [0.15, 0.2) is 59.9 Å². The number of halogens is 1. The Kier molecular flexibility index (Phi) is 4.47. The van der Waals surface area contributed by atoms with Crippen LogP contribution in [-0.4, -0.2) is 25.7 Å². The topological polar surface area (TPSA) is 72.7 Å². The first-order valence-corrected chi connectivity index (χ1v) is 7.79. The second-order valence-corrected chi connectivity index (χ2v) is 5.93. The van der Waals surface area contributed by atoms with Crippen LogP contribution in [0.1, 0.15) is 28.9 Å². The summed E-state index contributed by atoms with van der Waals surface area (Å²) in [4.78, 5) is 20.2. The number of nitrogens with zero attached hydrogens (tertiary/aromatic N) is 4. The summed E-state index contributed by atoms with van der Waals surface area (Å²) in [5.41, 5.74) is 2.44. The molecule has 0 aliphatic heterocycles. The highest BCUT2D eigenvalue weighted by Gasteiger charge is 2.12. The molecule has 116 valence electrons. The molecule has 0 fully saturated rings. The average Bonchev–Trinajstić information content (AvgIpc) is 3.09. The van der Waals surface area contributed by atoms with Gasteiger partial charge in [0.1, 0.15) is 12.7 Å². The van der Waals surface area contributed by atoms with E-state index in [2.05, 4.69) is 36.3 Å². The van der Waals surface area contributed by atoms with Gasteiger partial charge in [-0.3, -0.25) is 9.78 Å².